The van der Waals surface area contributed by atoms with E-state index in [1.54, 1.807) is 56.7 Å². The summed E-state index contributed by atoms with van der Waals surface area (Å²) >= 11 is 6.04. The number of methoxy groups -OCH3 is 2. The van der Waals surface area contributed by atoms with E-state index in [2.05, 4.69) is 10.6 Å². The van der Waals surface area contributed by atoms with Crippen molar-refractivity contribution in [1.29, 1.82) is 0 Å². The van der Waals surface area contributed by atoms with E-state index >= 15 is 0 Å². The fraction of sp³-hybridized carbons (Fsp3) is 0.276. The molecule has 1 unspecified atom stereocenters. The number of ether oxygens (including phenoxy) is 3. The van der Waals surface area contributed by atoms with E-state index in [-0.39, 0.29) is 23.0 Å². The van der Waals surface area contributed by atoms with Crippen molar-refractivity contribution in [3.8, 4) is 17.2 Å². The molecule has 0 saturated carbocycles. The zero-order valence-corrected chi connectivity index (χ0v) is 22.7. The van der Waals surface area contributed by atoms with Crippen LogP contribution in [0.15, 0.2) is 66.7 Å². The first-order valence-corrected chi connectivity index (χ1v) is 12.7. The number of nitrogens with one attached hydrogen (secondary N) is 2. The average Bonchev–Trinajstić information content (AvgIpc) is 2.93. The van der Waals surface area contributed by atoms with Crippen molar-refractivity contribution in [2.24, 2.45) is 0 Å². The minimum atomic E-state index is -1.19. The predicted molar refractivity (Wildman–Crippen MR) is 147 cm³/mol. The third kappa shape index (κ3) is 8.38. The second-order valence-corrected chi connectivity index (χ2v) is 9.13. The molecule has 0 saturated heterocycles. The van der Waals surface area contributed by atoms with Crippen LogP contribution in [-0.2, 0) is 17.6 Å². The Balaban J connectivity index is 1.56. The Morgan fingerprint density at radius 3 is 2.15 bits per heavy atom. The van der Waals surface area contributed by atoms with E-state index < -0.39 is 24.0 Å². The zero-order valence-electron chi connectivity index (χ0n) is 21.9. The number of hydrogen-bond donors (Lipinski definition) is 3. The SMILES string of the molecule is CCC(Cc1ccc(OC)c(OC)c1)NC(=O)Oc1ccc(C[C@H](NC(=O)c2ccccc2Cl)C(=O)O)cc1. The molecule has 3 aromatic carbocycles. The number of carboxylic acid groups (broad SMARTS) is 1. The summed E-state index contributed by atoms with van der Waals surface area (Å²) in [5.41, 5.74) is 1.80. The Morgan fingerprint density at radius 2 is 1.54 bits per heavy atom. The molecule has 0 aliphatic heterocycles. The van der Waals surface area contributed by atoms with Crippen LogP contribution < -0.4 is 24.8 Å². The lowest BCUT2D eigenvalue weighted by molar-refractivity contribution is -0.139. The van der Waals surface area contributed by atoms with E-state index in [9.17, 15) is 19.5 Å². The van der Waals surface area contributed by atoms with Crippen LogP contribution in [0.1, 0.15) is 34.8 Å². The molecule has 0 fully saturated rings. The van der Waals surface area contributed by atoms with Crippen LogP contribution in [0.3, 0.4) is 0 Å². The molecule has 0 spiro atoms. The Kier molecular flexibility index (Phi) is 10.6. The van der Waals surface area contributed by atoms with Gasteiger partial charge in [-0.2, -0.15) is 0 Å². The number of hydrogen-bond acceptors (Lipinski definition) is 6. The summed E-state index contributed by atoms with van der Waals surface area (Å²) in [4.78, 5) is 36.8. The molecule has 3 N–H and O–H groups in total. The fourth-order valence-corrected chi connectivity index (χ4v) is 4.12. The van der Waals surface area contributed by atoms with Gasteiger partial charge in [-0.1, -0.05) is 48.9 Å². The van der Waals surface area contributed by atoms with Crippen LogP contribution in [0.4, 0.5) is 4.79 Å². The summed E-state index contributed by atoms with van der Waals surface area (Å²) in [5, 5.41) is 15.2. The highest BCUT2D eigenvalue weighted by Crippen LogP contribution is 2.28. The molecule has 2 amide bonds. The Hall–Kier alpha value is -4.24. The Labute approximate surface area is 232 Å². The largest absolute Gasteiger partial charge is 0.493 e. The van der Waals surface area contributed by atoms with Gasteiger partial charge in [0.05, 0.1) is 24.8 Å². The maximum Gasteiger partial charge on any atom is 0.412 e. The van der Waals surface area contributed by atoms with Gasteiger partial charge < -0.3 is 30.0 Å². The molecule has 2 atom stereocenters. The number of carbonyl (C=O) groups is 3. The third-order valence-corrected chi connectivity index (χ3v) is 6.37. The first-order valence-electron chi connectivity index (χ1n) is 12.3. The molecule has 10 heteroatoms. The van der Waals surface area contributed by atoms with Crippen molar-refractivity contribution in [2.45, 2.75) is 38.3 Å². The van der Waals surface area contributed by atoms with Crippen LogP contribution in [0.5, 0.6) is 17.2 Å². The Morgan fingerprint density at radius 1 is 0.872 bits per heavy atom. The van der Waals surface area contributed by atoms with E-state index in [0.717, 1.165) is 5.56 Å². The van der Waals surface area contributed by atoms with Gasteiger partial charge in [0.1, 0.15) is 11.8 Å². The summed E-state index contributed by atoms with van der Waals surface area (Å²) < 4.78 is 16.0. The van der Waals surface area contributed by atoms with E-state index in [1.165, 1.54) is 6.07 Å². The van der Waals surface area contributed by atoms with Gasteiger partial charge >= 0.3 is 12.1 Å². The highest BCUT2D eigenvalue weighted by atomic mass is 35.5. The van der Waals surface area contributed by atoms with Crippen LogP contribution >= 0.6 is 11.6 Å². The van der Waals surface area contributed by atoms with Crippen molar-refractivity contribution in [3.63, 3.8) is 0 Å². The number of carbonyl (C=O) groups excluding carboxylic acids is 2. The lowest BCUT2D eigenvalue weighted by atomic mass is 10.0. The van der Waals surface area contributed by atoms with Gasteiger partial charge in [-0.25, -0.2) is 9.59 Å². The molecule has 0 radical (unpaired) electrons. The standard InChI is InChI=1S/C29H31ClN2O7/c1-4-20(15-19-11-14-25(37-2)26(17-19)38-3)31-29(36)39-21-12-9-18(10-13-21)16-24(28(34)35)32-27(33)22-7-5-6-8-23(22)30/h5-14,17,20,24H,4,15-16H2,1-3H3,(H,31,36)(H,32,33)(H,34,35)/t20?,24-/m0/s1. The molecule has 0 aliphatic carbocycles. The molecule has 206 valence electrons. The fourth-order valence-electron chi connectivity index (χ4n) is 3.90. The van der Waals surface area contributed by atoms with Gasteiger partial charge in [-0.15, -0.1) is 0 Å². The molecule has 39 heavy (non-hydrogen) atoms. The van der Waals surface area contributed by atoms with Gasteiger partial charge in [0, 0.05) is 12.5 Å². The predicted octanol–water partition coefficient (Wildman–Crippen LogP) is 4.89. The van der Waals surface area contributed by atoms with Crippen molar-refractivity contribution in [2.75, 3.05) is 14.2 Å². The van der Waals surface area contributed by atoms with E-state index in [1.807, 2.05) is 25.1 Å². The summed E-state index contributed by atoms with van der Waals surface area (Å²) in [6.45, 7) is 1.96. The van der Waals surface area contributed by atoms with Gasteiger partial charge in [0.2, 0.25) is 0 Å². The zero-order chi connectivity index (χ0) is 28.4. The number of carboxylic acids is 1. The minimum absolute atomic E-state index is 0.0290. The molecule has 9 nitrogen and oxygen atoms in total. The van der Waals surface area contributed by atoms with Crippen molar-refractivity contribution >= 4 is 29.6 Å². The number of benzene rings is 3. The minimum Gasteiger partial charge on any atom is -0.493 e. The normalized spacial score (nSPS) is 12.1. The molecule has 3 rings (SSSR count). The Bertz CT molecular complexity index is 1300. The third-order valence-electron chi connectivity index (χ3n) is 6.04. The lowest BCUT2D eigenvalue weighted by Crippen LogP contribution is -2.42. The molecule has 0 aromatic heterocycles. The van der Waals surface area contributed by atoms with Crippen LogP contribution in [0.2, 0.25) is 5.02 Å². The first kappa shape index (κ1) is 29.3. The lowest BCUT2D eigenvalue weighted by Gasteiger charge is -2.18. The highest BCUT2D eigenvalue weighted by Gasteiger charge is 2.22. The number of aliphatic carboxylic acids is 1. The summed E-state index contributed by atoms with van der Waals surface area (Å²) in [7, 11) is 3.14. The van der Waals surface area contributed by atoms with Crippen LogP contribution in [0.25, 0.3) is 0 Å². The number of halogens is 1. The monoisotopic (exact) mass is 554 g/mol. The second kappa shape index (κ2) is 14.1. The van der Waals surface area contributed by atoms with Crippen molar-refractivity contribution in [1.82, 2.24) is 10.6 Å². The molecule has 0 bridgehead atoms. The summed E-state index contributed by atoms with van der Waals surface area (Å²) in [6, 6.07) is 17.1. The second-order valence-electron chi connectivity index (χ2n) is 8.72. The number of amides is 2. The molecule has 0 aliphatic rings. The molecular formula is C29H31ClN2O7. The molecular weight excluding hydrogens is 524 g/mol. The van der Waals surface area contributed by atoms with E-state index in [0.29, 0.717) is 35.7 Å². The summed E-state index contributed by atoms with van der Waals surface area (Å²) in [5.74, 6) is -0.230. The van der Waals surface area contributed by atoms with Gasteiger partial charge in [0.25, 0.3) is 5.91 Å². The quantitative estimate of drug-likeness (QED) is 0.291. The maximum atomic E-state index is 12.5. The average molecular weight is 555 g/mol. The van der Waals surface area contributed by atoms with Crippen molar-refractivity contribution < 1.29 is 33.7 Å². The van der Waals surface area contributed by atoms with Gasteiger partial charge in [-0.05, 0) is 60.4 Å². The highest BCUT2D eigenvalue weighted by molar-refractivity contribution is 6.33. The smallest absolute Gasteiger partial charge is 0.412 e. The van der Waals surface area contributed by atoms with Crippen LogP contribution in [0, 0.1) is 0 Å². The summed E-state index contributed by atoms with van der Waals surface area (Å²) in [6.07, 6.45) is 0.673. The molecule has 3 aromatic rings. The maximum absolute atomic E-state index is 12.5. The first-order chi connectivity index (χ1) is 18.7. The number of rotatable bonds is 12. The van der Waals surface area contributed by atoms with E-state index in [4.69, 9.17) is 25.8 Å². The molecule has 0 heterocycles. The van der Waals surface area contributed by atoms with Gasteiger partial charge in [-0.3, -0.25) is 4.79 Å². The van der Waals surface area contributed by atoms with Crippen LogP contribution in [-0.4, -0.2) is 49.4 Å². The topological polar surface area (TPSA) is 123 Å². The van der Waals surface area contributed by atoms with Gasteiger partial charge in [0.15, 0.2) is 11.5 Å². The van der Waals surface area contributed by atoms with Crippen molar-refractivity contribution in [3.05, 3.63) is 88.4 Å².